The number of piperazine rings is 1. The van der Waals surface area contributed by atoms with Crippen LogP contribution in [-0.2, 0) is 10.9 Å². The molecule has 2 unspecified atom stereocenters. The Morgan fingerprint density at radius 2 is 1.78 bits per heavy atom. The molecule has 1 saturated heterocycles. The molecule has 0 saturated carbocycles. The van der Waals surface area contributed by atoms with Gasteiger partial charge in [-0.2, -0.15) is 18.2 Å². The summed E-state index contributed by atoms with van der Waals surface area (Å²) in [7, 11) is 0. The molecule has 1 N–H and O–H groups in total. The number of benzene rings is 1. The van der Waals surface area contributed by atoms with E-state index in [4.69, 9.17) is 4.74 Å². The molecule has 32 heavy (non-hydrogen) atoms. The maximum atomic E-state index is 13.6. The van der Waals surface area contributed by atoms with E-state index in [1.807, 2.05) is 13.8 Å². The highest BCUT2D eigenvalue weighted by molar-refractivity contribution is 9.10. The van der Waals surface area contributed by atoms with Gasteiger partial charge in [0.15, 0.2) is 0 Å². The number of anilines is 1. The van der Waals surface area contributed by atoms with Gasteiger partial charge in [-0.25, -0.2) is 9.59 Å². The van der Waals surface area contributed by atoms with Crippen LogP contribution in [0.4, 0.5) is 23.8 Å². The zero-order valence-corrected chi connectivity index (χ0v) is 20.3. The minimum absolute atomic E-state index is 0.123. The summed E-state index contributed by atoms with van der Waals surface area (Å²) in [6.07, 6.45) is -5.04. The lowest BCUT2D eigenvalue weighted by molar-refractivity contribution is -0.138. The van der Waals surface area contributed by atoms with Crippen LogP contribution >= 0.6 is 15.9 Å². The molecule has 1 aliphatic rings. The van der Waals surface area contributed by atoms with E-state index in [2.05, 4.69) is 25.9 Å². The highest BCUT2D eigenvalue weighted by Crippen LogP contribution is 2.41. The van der Waals surface area contributed by atoms with Crippen molar-refractivity contribution in [3.8, 4) is 0 Å². The van der Waals surface area contributed by atoms with Crippen molar-refractivity contribution >= 4 is 38.7 Å². The number of aromatic nitrogens is 2. The van der Waals surface area contributed by atoms with Crippen molar-refractivity contribution in [2.24, 2.45) is 0 Å². The van der Waals surface area contributed by atoms with Gasteiger partial charge in [-0.1, -0.05) is 0 Å². The van der Waals surface area contributed by atoms with Gasteiger partial charge >= 0.3 is 18.0 Å². The van der Waals surface area contributed by atoms with E-state index in [0.29, 0.717) is 0 Å². The van der Waals surface area contributed by atoms with Crippen LogP contribution in [-0.4, -0.2) is 51.7 Å². The average Bonchev–Trinajstić information content (AvgIpc) is 2.61. The second kappa shape index (κ2) is 8.24. The first-order valence-corrected chi connectivity index (χ1v) is 11.0. The molecular weight excluding hydrogens is 493 g/mol. The molecule has 2 aromatic rings. The van der Waals surface area contributed by atoms with Gasteiger partial charge in [0.05, 0.1) is 23.2 Å². The Kier molecular flexibility index (Phi) is 6.27. The Balaban J connectivity index is 2.06. The SMILES string of the molecule is Cc1c(Br)c(C(F)(F)F)cc2c(N3CC(C)N(C(=O)OC(C)(C)C)C(C)C3)nc(=O)[nH]c12. The van der Waals surface area contributed by atoms with Gasteiger partial charge in [0, 0.05) is 22.9 Å². The van der Waals surface area contributed by atoms with Crippen molar-refractivity contribution in [1.82, 2.24) is 14.9 Å². The van der Waals surface area contributed by atoms with Gasteiger partial charge in [-0.05, 0) is 69.1 Å². The number of H-pyrrole nitrogens is 1. The summed E-state index contributed by atoms with van der Waals surface area (Å²) in [6, 6.07) is 0.368. The number of rotatable bonds is 1. The number of ether oxygens (including phenoxy) is 1. The number of carbonyl (C=O) groups is 1. The molecule has 11 heteroatoms. The standard InChI is InChI=1S/C21H26BrF3N4O3/c1-10-8-28(9-11(2)29(10)19(31)32-20(4,5)6)17-13-7-14(21(23,24)25)15(22)12(3)16(13)26-18(30)27-17/h7,10-11H,8-9H2,1-6H3,(H,26,27,30). The molecule has 0 bridgehead atoms. The van der Waals surface area contributed by atoms with Crippen LogP contribution in [0.15, 0.2) is 15.3 Å². The predicted molar refractivity (Wildman–Crippen MR) is 119 cm³/mol. The maximum absolute atomic E-state index is 13.6. The topological polar surface area (TPSA) is 78.5 Å². The third-order valence-corrected chi connectivity index (χ3v) is 6.33. The second-order valence-electron chi connectivity index (χ2n) is 9.14. The molecule has 0 aliphatic carbocycles. The Morgan fingerprint density at radius 1 is 1.22 bits per heavy atom. The van der Waals surface area contributed by atoms with Crippen LogP contribution in [0.5, 0.6) is 0 Å². The third-order valence-electron chi connectivity index (χ3n) is 5.31. The summed E-state index contributed by atoms with van der Waals surface area (Å²) in [5.41, 5.74) is -1.60. The number of amides is 1. The third kappa shape index (κ3) is 4.72. The number of fused-ring (bicyclic) bond motifs is 1. The quantitative estimate of drug-likeness (QED) is 0.583. The molecule has 176 valence electrons. The molecule has 2 atom stereocenters. The van der Waals surface area contributed by atoms with Crippen molar-refractivity contribution in [1.29, 1.82) is 0 Å². The number of hydrogen-bond acceptors (Lipinski definition) is 5. The molecule has 1 amide bonds. The lowest BCUT2D eigenvalue weighted by Crippen LogP contribution is -2.59. The normalized spacial score (nSPS) is 20.1. The van der Waals surface area contributed by atoms with Gasteiger partial charge in [-0.3, -0.25) is 4.90 Å². The van der Waals surface area contributed by atoms with Gasteiger partial charge in [0.25, 0.3) is 0 Å². The van der Waals surface area contributed by atoms with Gasteiger partial charge in [0.1, 0.15) is 11.4 Å². The molecule has 1 aromatic heterocycles. The predicted octanol–water partition coefficient (Wildman–Crippen LogP) is 4.85. The Labute approximate surface area is 192 Å². The first kappa shape index (κ1) is 24.3. The number of aromatic amines is 1. The summed E-state index contributed by atoms with van der Waals surface area (Å²) in [6.45, 7) is 11.1. The van der Waals surface area contributed by atoms with Crippen molar-refractivity contribution in [2.45, 2.75) is 65.4 Å². The summed E-state index contributed by atoms with van der Waals surface area (Å²) < 4.78 is 46.2. The van der Waals surface area contributed by atoms with Crippen LogP contribution < -0.4 is 10.6 Å². The number of halogens is 4. The van der Waals surface area contributed by atoms with Crippen LogP contribution in [0.1, 0.15) is 45.7 Å². The van der Waals surface area contributed by atoms with E-state index >= 15 is 0 Å². The molecule has 0 spiro atoms. The molecule has 0 radical (unpaired) electrons. The minimum atomic E-state index is -4.58. The number of nitrogens with one attached hydrogen (secondary N) is 1. The van der Waals surface area contributed by atoms with Gasteiger partial charge < -0.3 is 14.6 Å². The Bertz CT molecular complexity index is 1100. The summed E-state index contributed by atoms with van der Waals surface area (Å²) >= 11 is 3.01. The summed E-state index contributed by atoms with van der Waals surface area (Å²) in [4.78, 5) is 34.9. The maximum Gasteiger partial charge on any atom is 0.417 e. The van der Waals surface area contributed by atoms with Crippen LogP contribution in [0.2, 0.25) is 0 Å². The zero-order chi connectivity index (χ0) is 24.2. The molecule has 2 heterocycles. The van der Waals surface area contributed by atoms with E-state index in [0.717, 1.165) is 6.07 Å². The van der Waals surface area contributed by atoms with Gasteiger partial charge in [-0.15, -0.1) is 0 Å². The van der Waals surface area contributed by atoms with E-state index in [9.17, 15) is 22.8 Å². The van der Waals surface area contributed by atoms with E-state index < -0.39 is 29.1 Å². The Hall–Kier alpha value is -2.30. The molecule has 1 aromatic carbocycles. The van der Waals surface area contributed by atoms with Crippen molar-refractivity contribution < 1.29 is 22.7 Å². The number of aryl methyl sites for hydroxylation is 1. The second-order valence-corrected chi connectivity index (χ2v) is 9.93. The van der Waals surface area contributed by atoms with Crippen molar-refractivity contribution in [3.63, 3.8) is 0 Å². The van der Waals surface area contributed by atoms with Gasteiger partial charge in [0.2, 0.25) is 0 Å². The first-order chi connectivity index (χ1) is 14.6. The molecular formula is C21H26BrF3N4O3. The fourth-order valence-electron chi connectivity index (χ4n) is 4.04. The number of alkyl halides is 3. The van der Waals surface area contributed by atoms with Crippen LogP contribution in [0.3, 0.4) is 0 Å². The monoisotopic (exact) mass is 518 g/mol. The molecule has 1 aliphatic heterocycles. The van der Waals surface area contributed by atoms with Crippen molar-refractivity contribution in [3.05, 3.63) is 32.2 Å². The van der Waals surface area contributed by atoms with Crippen molar-refractivity contribution in [2.75, 3.05) is 18.0 Å². The molecule has 1 fully saturated rings. The number of hydrogen-bond donors (Lipinski definition) is 1. The fourth-order valence-corrected chi connectivity index (χ4v) is 4.58. The van der Waals surface area contributed by atoms with E-state index in [1.54, 1.807) is 30.6 Å². The average molecular weight is 519 g/mol. The van der Waals surface area contributed by atoms with Crippen LogP contribution in [0, 0.1) is 6.92 Å². The molecule has 3 rings (SSSR count). The van der Waals surface area contributed by atoms with E-state index in [-0.39, 0.29) is 51.9 Å². The lowest BCUT2D eigenvalue weighted by atomic mass is 10.0. The lowest BCUT2D eigenvalue weighted by Gasteiger charge is -2.45. The number of nitrogens with zero attached hydrogens (tertiary/aromatic N) is 3. The number of carbonyl (C=O) groups excluding carboxylic acids is 1. The summed E-state index contributed by atoms with van der Waals surface area (Å²) in [5.74, 6) is 0.160. The highest BCUT2D eigenvalue weighted by Gasteiger charge is 2.38. The van der Waals surface area contributed by atoms with E-state index in [1.165, 1.54) is 6.92 Å². The van der Waals surface area contributed by atoms with Crippen LogP contribution in [0.25, 0.3) is 10.9 Å². The summed E-state index contributed by atoms with van der Waals surface area (Å²) in [5, 5.41) is 0.197. The minimum Gasteiger partial charge on any atom is -0.444 e. The largest absolute Gasteiger partial charge is 0.444 e. The molecule has 7 nitrogen and oxygen atoms in total. The zero-order valence-electron chi connectivity index (χ0n) is 18.7. The smallest absolute Gasteiger partial charge is 0.417 e. The first-order valence-electron chi connectivity index (χ1n) is 10.2. The highest BCUT2D eigenvalue weighted by atomic mass is 79.9. The Morgan fingerprint density at radius 3 is 2.28 bits per heavy atom. The fraction of sp³-hybridized carbons (Fsp3) is 0.571.